The first-order valence-corrected chi connectivity index (χ1v) is 7.34. The number of aliphatic hydroxyl groups excluding tert-OH is 1. The van der Waals surface area contributed by atoms with Gasteiger partial charge in [0.1, 0.15) is 0 Å². The fraction of sp³-hybridized carbons (Fsp3) is 0.111. The third-order valence-electron chi connectivity index (χ3n) is 3.62. The first-order valence-electron chi connectivity index (χ1n) is 7.34. The summed E-state index contributed by atoms with van der Waals surface area (Å²) in [7, 11) is 0. The monoisotopic (exact) mass is 307 g/mol. The zero-order valence-corrected chi connectivity index (χ0v) is 12.4. The molecule has 0 aliphatic heterocycles. The summed E-state index contributed by atoms with van der Waals surface area (Å²) in [5.41, 5.74) is 1.56. The molecule has 1 atom stereocenters. The fourth-order valence-corrected chi connectivity index (χ4v) is 2.47. The first kappa shape index (κ1) is 15.0. The van der Waals surface area contributed by atoms with Gasteiger partial charge in [-0.1, -0.05) is 42.5 Å². The van der Waals surface area contributed by atoms with E-state index in [4.69, 9.17) is 0 Å². The van der Waals surface area contributed by atoms with E-state index < -0.39 is 6.04 Å². The van der Waals surface area contributed by atoms with Crippen molar-refractivity contribution >= 4 is 22.5 Å². The topological polar surface area (TPSA) is 74.2 Å². The van der Waals surface area contributed by atoms with Crippen molar-refractivity contribution in [2.45, 2.75) is 6.04 Å². The number of hydrogen-bond acceptors (Lipinski definition) is 3. The van der Waals surface area contributed by atoms with Gasteiger partial charge in [-0.2, -0.15) is 0 Å². The van der Waals surface area contributed by atoms with Gasteiger partial charge in [0.05, 0.1) is 18.3 Å². The lowest BCUT2D eigenvalue weighted by Crippen LogP contribution is -2.34. The molecule has 116 valence electrons. The summed E-state index contributed by atoms with van der Waals surface area (Å²) in [6.45, 7) is -0.170. The molecule has 1 aromatic heterocycles. The molecular weight excluding hydrogens is 290 g/mol. The Kier molecular flexibility index (Phi) is 4.49. The quantitative estimate of drug-likeness (QED) is 0.693. The summed E-state index contributed by atoms with van der Waals surface area (Å²) in [6.07, 6.45) is 3.44. The third-order valence-corrected chi connectivity index (χ3v) is 3.62. The molecule has 1 heterocycles. The SMILES string of the molecule is O=C(Nc1cccc2cnccc12)N[C@@H](CO)c1ccccc1. The van der Waals surface area contributed by atoms with Crippen molar-refractivity contribution in [3.8, 4) is 0 Å². The summed E-state index contributed by atoms with van der Waals surface area (Å²) in [6, 6.07) is 16.0. The van der Waals surface area contributed by atoms with E-state index in [9.17, 15) is 9.90 Å². The van der Waals surface area contributed by atoms with E-state index in [0.717, 1.165) is 16.3 Å². The minimum Gasteiger partial charge on any atom is -0.394 e. The number of fused-ring (bicyclic) bond motifs is 1. The van der Waals surface area contributed by atoms with E-state index in [-0.39, 0.29) is 12.6 Å². The number of rotatable bonds is 4. The van der Waals surface area contributed by atoms with E-state index in [0.29, 0.717) is 5.69 Å². The highest BCUT2D eigenvalue weighted by Crippen LogP contribution is 2.22. The van der Waals surface area contributed by atoms with E-state index >= 15 is 0 Å². The van der Waals surface area contributed by atoms with Gasteiger partial charge in [0.25, 0.3) is 0 Å². The van der Waals surface area contributed by atoms with Crippen molar-refractivity contribution in [3.05, 3.63) is 72.6 Å². The van der Waals surface area contributed by atoms with Gasteiger partial charge in [-0.25, -0.2) is 4.79 Å². The Morgan fingerprint density at radius 3 is 2.70 bits per heavy atom. The van der Waals surface area contributed by atoms with Crippen molar-refractivity contribution in [2.24, 2.45) is 0 Å². The molecule has 0 bridgehead atoms. The number of amides is 2. The molecule has 5 heteroatoms. The van der Waals surface area contributed by atoms with Gasteiger partial charge in [0.15, 0.2) is 0 Å². The Balaban J connectivity index is 1.76. The maximum Gasteiger partial charge on any atom is 0.319 e. The Morgan fingerprint density at radius 1 is 1.09 bits per heavy atom. The van der Waals surface area contributed by atoms with Gasteiger partial charge in [-0.3, -0.25) is 4.98 Å². The van der Waals surface area contributed by atoms with Crippen molar-refractivity contribution in [2.75, 3.05) is 11.9 Å². The van der Waals surface area contributed by atoms with Crippen LogP contribution in [0.15, 0.2) is 67.0 Å². The molecule has 0 fully saturated rings. The van der Waals surface area contributed by atoms with Crippen molar-refractivity contribution < 1.29 is 9.90 Å². The summed E-state index contributed by atoms with van der Waals surface area (Å²) in [5.74, 6) is 0. The number of urea groups is 1. The smallest absolute Gasteiger partial charge is 0.319 e. The molecular formula is C18H17N3O2. The summed E-state index contributed by atoms with van der Waals surface area (Å²) >= 11 is 0. The number of aliphatic hydroxyl groups is 1. The number of nitrogens with zero attached hydrogens (tertiary/aromatic N) is 1. The Labute approximate surface area is 134 Å². The maximum atomic E-state index is 12.2. The fourth-order valence-electron chi connectivity index (χ4n) is 2.47. The Bertz CT molecular complexity index is 800. The van der Waals surface area contributed by atoms with Gasteiger partial charge in [-0.15, -0.1) is 0 Å². The molecule has 2 aromatic carbocycles. The Hall–Kier alpha value is -2.92. The van der Waals surface area contributed by atoms with Crippen molar-refractivity contribution in [1.29, 1.82) is 0 Å². The van der Waals surface area contributed by atoms with Gasteiger partial charge < -0.3 is 15.7 Å². The summed E-state index contributed by atoms with van der Waals surface area (Å²) in [5, 5.41) is 17.0. The van der Waals surface area contributed by atoms with Gasteiger partial charge >= 0.3 is 6.03 Å². The molecule has 23 heavy (non-hydrogen) atoms. The van der Waals surface area contributed by atoms with Gasteiger partial charge in [-0.05, 0) is 17.7 Å². The average molecular weight is 307 g/mol. The molecule has 0 radical (unpaired) electrons. The van der Waals surface area contributed by atoms with Crippen LogP contribution >= 0.6 is 0 Å². The highest BCUT2D eigenvalue weighted by molar-refractivity contribution is 6.01. The van der Waals surface area contributed by atoms with Crippen LogP contribution in [0.25, 0.3) is 10.8 Å². The van der Waals surface area contributed by atoms with Crippen LogP contribution in [0.2, 0.25) is 0 Å². The highest BCUT2D eigenvalue weighted by Gasteiger charge is 2.14. The molecule has 3 rings (SSSR count). The molecule has 0 saturated carbocycles. The minimum absolute atomic E-state index is 0.170. The number of aromatic nitrogens is 1. The standard InChI is InChI=1S/C18H17N3O2/c22-12-17(13-5-2-1-3-6-13)21-18(23)20-16-8-4-7-14-11-19-10-9-15(14)16/h1-11,17,22H,12H2,(H2,20,21,23)/t17-/m0/s1. The molecule has 3 aromatic rings. The minimum atomic E-state index is -0.451. The lowest BCUT2D eigenvalue weighted by Gasteiger charge is -2.17. The van der Waals surface area contributed by atoms with Crippen LogP contribution in [0.3, 0.4) is 0 Å². The Morgan fingerprint density at radius 2 is 1.91 bits per heavy atom. The summed E-state index contributed by atoms with van der Waals surface area (Å²) < 4.78 is 0. The second-order valence-electron chi connectivity index (χ2n) is 5.15. The molecule has 0 aliphatic carbocycles. The molecule has 2 amide bonds. The first-order chi connectivity index (χ1) is 11.3. The van der Waals surface area contributed by atoms with E-state index in [1.165, 1.54) is 0 Å². The molecule has 5 nitrogen and oxygen atoms in total. The number of anilines is 1. The zero-order chi connectivity index (χ0) is 16.1. The molecule has 0 spiro atoms. The molecule has 0 saturated heterocycles. The number of pyridine rings is 1. The van der Waals surface area contributed by atoms with E-state index in [2.05, 4.69) is 15.6 Å². The lowest BCUT2D eigenvalue weighted by atomic mass is 10.1. The number of benzene rings is 2. The maximum absolute atomic E-state index is 12.2. The van der Waals surface area contributed by atoms with Crippen molar-refractivity contribution in [1.82, 2.24) is 10.3 Å². The zero-order valence-electron chi connectivity index (χ0n) is 12.4. The normalized spacial score (nSPS) is 11.9. The number of hydrogen-bond donors (Lipinski definition) is 3. The van der Waals surface area contributed by atoms with Crippen molar-refractivity contribution in [3.63, 3.8) is 0 Å². The average Bonchev–Trinajstić information content (AvgIpc) is 2.61. The molecule has 0 unspecified atom stereocenters. The van der Waals surface area contributed by atoms with Crippen LogP contribution in [0, 0.1) is 0 Å². The lowest BCUT2D eigenvalue weighted by molar-refractivity contribution is 0.225. The number of nitrogens with one attached hydrogen (secondary N) is 2. The predicted octanol–water partition coefficient (Wildman–Crippen LogP) is 3.09. The van der Waals surface area contributed by atoms with Crippen LogP contribution in [-0.4, -0.2) is 22.7 Å². The number of carbonyl (C=O) groups excluding carboxylic acids is 1. The largest absolute Gasteiger partial charge is 0.394 e. The van der Waals surface area contributed by atoms with Gasteiger partial charge in [0, 0.05) is 23.2 Å². The number of carbonyl (C=O) groups is 1. The van der Waals surface area contributed by atoms with E-state index in [1.807, 2.05) is 54.6 Å². The van der Waals surface area contributed by atoms with Crippen LogP contribution in [0.1, 0.15) is 11.6 Å². The van der Waals surface area contributed by atoms with Crippen LogP contribution in [0.4, 0.5) is 10.5 Å². The summed E-state index contributed by atoms with van der Waals surface area (Å²) in [4.78, 5) is 16.3. The third kappa shape index (κ3) is 3.46. The van der Waals surface area contributed by atoms with Crippen LogP contribution in [-0.2, 0) is 0 Å². The predicted molar refractivity (Wildman–Crippen MR) is 90.2 cm³/mol. The molecule has 3 N–H and O–H groups in total. The second kappa shape index (κ2) is 6.89. The van der Waals surface area contributed by atoms with Crippen LogP contribution < -0.4 is 10.6 Å². The molecule has 0 aliphatic rings. The van der Waals surface area contributed by atoms with Crippen LogP contribution in [0.5, 0.6) is 0 Å². The van der Waals surface area contributed by atoms with Gasteiger partial charge in [0.2, 0.25) is 0 Å². The van der Waals surface area contributed by atoms with E-state index in [1.54, 1.807) is 12.4 Å². The second-order valence-corrected chi connectivity index (χ2v) is 5.15. The highest BCUT2D eigenvalue weighted by atomic mass is 16.3.